The van der Waals surface area contributed by atoms with Crippen molar-refractivity contribution in [3.63, 3.8) is 0 Å². The normalized spacial score (nSPS) is 44.5. The molecular weight excluding hydrogens is 318 g/mol. The molecular formula is C16H21NO7. The Kier molecular flexibility index (Phi) is 3.81. The van der Waals surface area contributed by atoms with Crippen LogP contribution in [0.2, 0.25) is 0 Å². The molecule has 2 saturated heterocycles. The Balaban J connectivity index is 1.75. The summed E-state index contributed by atoms with van der Waals surface area (Å²) >= 11 is 0. The highest BCUT2D eigenvalue weighted by Gasteiger charge is 2.59. The van der Waals surface area contributed by atoms with Gasteiger partial charge in [0.15, 0.2) is 12.5 Å². The fourth-order valence-corrected chi connectivity index (χ4v) is 3.94. The van der Waals surface area contributed by atoms with Crippen LogP contribution in [0.25, 0.3) is 0 Å². The van der Waals surface area contributed by atoms with Crippen LogP contribution in [-0.4, -0.2) is 75.6 Å². The van der Waals surface area contributed by atoms with Crippen molar-refractivity contribution < 1.29 is 35.0 Å². The highest BCUT2D eigenvalue weighted by molar-refractivity contribution is 5.63. The van der Waals surface area contributed by atoms with E-state index in [-0.39, 0.29) is 0 Å². The minimum Gasteiger partial charge on any atom is -0.394 e. The van der Waals surface area contributed by atoms with Crippen molar-refractivity contribution in [1.29, 1.82) is 0 Å². The smallest absolute Gasteiger partial charge is 0.165 e. The molecule has 2 fully saturated rings. The van der Waals surface area contributed by atoms with E-state index in [0.29, 0.717) is 24.3 Å². The topological polar surface area (TPSA) is 123 Å². The molecule has 0 saturated carbocycles. The van der Waals surface area contributed by atoms with Crippen LogP contribution >= 0.6 is 0 Å². The monoisotopic (exact) mass is 339 g/mol. The Morgan fingerprint density at radius 2 is 1.88 bits per heavy atom. The minimum atomic E-state index is -1.48. The molecule has 0 unspecified atom stereocenters. The predicted molar refractivity (Wildman–Crippen MR) is 80.9 cm³/mol. The third kappa shape index (κ3) is 2.05. The maximum absolute atomic E-state index is 11.0. The summed E-state index contributed by atoms with van der Waals surface area (Å²) in [4.78, 5) is 1.59. The molecule has 0 radical (unpaired) electrons. The van der Waals surface area contributed by atoms with Gasteiger partial charge < -0.3 is 39.9 Å². The first-order valence-electron chi connectivity index (χ1n) is 8.01. The van der Waals surface area contributed by atoms with E-state index in [2.05, 4.69) is 0 Å². The molecule has 0 bridgehead atoms. The first-order chi connectivity index (χ1) is 11.5. The molecule has 8 nitrogen and oxygen atoms in total. The molecule has 3 heterocycles. The molecule has 1 aromatic rings. The number of aliphatic hydroxyl groups is 5. The summed E-state index contributed by atoms with van der Waals surface area (Å²) in [6, 6.07) is 7.17. The quantitative estimate of drug-likeness (QED) is 0.429. The number of fused-ring (bicyclic) bond motifs is 3. The molecule has 0 amide bonds. The largest absolute Gasteiger partial charge is 0.394 e. The van der Waals surface area contributed by atoms with Gasteiger partial charge in [-0.05, 0) is 6.07 Å². The molecule has 1 aromatic carbocycles. The molecule has 0 aromatic heterocycles. The minimum absolute atomic E-state index is 0.351. The fraction of sp³-hybridized carbons (Fsp3) is 0.625. The van der Waals surface area contributed by atoms with E-state index in [1.165, 1.54) is 0 Å². The van der Waals surface area contributed by atoms with E-state index in [4.69, 9.17) is 9.47 Å². The van der Waals surface area contributed by atoms with Gasteiger partial charge in [0.2, 0.25) is 0 Å². The Morgan fingerprint density at radius 1 is 1.12 bits per heavy atom. The zero-order valence-electron chi connectivity index (χ0n) is 12.9. The van der Waals surface area contributed by atoms with Crippen molar-refractivity contribution in [3.05, 3.63) is 29.8 Å². The van der Waals surface area contributed by atoms with Crippen LogP contribution in [0.5, 0.6) is 0 Å². The second kappa shape index (κ2) is 5.63. The van der Waals surface area contributed by atoms with E-state index in [0.717, 1.165) is 0 Å². The summed E-state index contributed by atoms with van der Waals surface area (Å²) in [5.74, 6) is 0. The van der Waals surface area contributed by atoms with Crippen molar-refractivity contribution in [1.82, 2.24) is 0 Å². The summed E-state index contributed by atoms with van der Waals surface area (Å²) < 4.78 is 11.3. The predicted octanol–water partition coefficient (Wildman–Crippen LogP) is -1.76. The van der Waals surface area contributed by atoms with Gasteiger partial charge in [0.25, 0.3) is 0 Å². The van der Waals surface area contributed by atoms with Crippen molar-refractivity contribution >= 4 is 5.69 Å². The molecule has 3 aliphatic heterocycles. The van der Waals surface area contributed by atoms with Crippen LogP contribution in [0, 0.1) is 0 Å². The lowest BCUT2D eigenvalue weighted by Crippen LogP contribution is -2.65. The Bertz CT molecular complexity index is 626. The number of nitrogens with zero attached hydrogens (tertiary/aromatic N) is 1. The molecule has 0 aliphatic carbocycles. The highest BCUT2D eigenvalue weighted by Crippen LogP contribution is 2.51. The molecule has 132 valence electrons. The molecule has 4 rings (SSSR count). The second-order valence-corrected chi connectivity index (χ2v) is 6.54. The SMILES string of the molecule is OC[C@H]1O[C@@H](N2c3ccccc3[C@]3(O)CCO[C@H]23)[C@H](O)[C@@H](O)[C@@H]1O. The van der Waals surface area contributed by atoms with Crippen LogP contribution < -0.4 is 4.90 Å². The number of aliphatic hydroxyl groups excluding tert-OH is 4. The average Bonchev–Trinajstić information content (AvgIpc) is 3.07. The first-order valence-corrected chi connectivity index (χ1v) is 8.01. The number of hydrogen-bond donors (Lipinski definition) is 5. The summed E-state index contributed by atoms with van der Waals surface area (Å²) in [6.07, 6.45) is -6.79. The third-order valence-electron chi connectivity index (χ3n) is 5.21. The van der Waals surface area contributed by atoms with Gasteiger partial charge in [-0.15, -0.1) is 0 Å². The standard InChI is InChI=1S/C16H21NO7/c18-7-10-11(19)12(20)13(21)14(24-10)17-9-4-2-1-3-8(9)16(22)5-6-23-15(16)17/h1-4,10-15,18-22H,5-7H2/t10-,11-,12+,13-,14-,15+,16-/m1/s1. The first kappa shape index (κ1) is 16.2. The number of hydrogen-bond acceptors (Lipinski definition) is 8. The molecule has 3 aliphatic rings. The average molecular weight is 339 g/mol. The molecule has 8 heteroatoms. The zero-order valence-corrected chi connectivity index (χ0v) is 12.9. The van der Waals surface area contributed by atoms with E-state index in [1.807, 2.05) is 6.07 Å². The maximum Gasteiger partial charge on any atom is 0.165 e. The van der Waals surface area contributed by atoms with Gasteiger partial charge in [-0.25, -0.2) is 0 Å². The highest BCUT2D eigenvalue weighted by atomic mass is 16.6. The van der Waals surface area contributed by atoms with Gasteiger partial charge in [0, 0.05) is 17.7 Å². The van der Waals surface area contributed by atoms with Crippen molar-refractivity contribution in [2.24, 2.45) is 0 Å². The van der Waals surface area contributed by atoms with E-state index in [1.54, 1.807) is 23.1 Å². The van der Waals surface area contributed by atoms with Gasteiger partial charge in [0.05, 0.1) is 13.2 Å². The fourth-order valence-electron chi connectivity index (χ4n) is 3.94. The zero-order chi connectivity index (χ0) is 17.1. The number of rotatable bonds is 2. The van der Waals surface area contributed by atoms with Gasteiger partial charge >= 0.3 is 0 Å². The Labute approximate surface area is 138 Å². The van der Waals surface area contributed by atoms with Crippen LogP contribution in [0.3, 0.4) is 0 Å². The van der Waals surface area contributed by atoms with Gasteiger partial charge in [-0.3, -0.25) is 0 Å². The van der Waals surface area contributed by atoms with Gasteiger partial charge in [-0.2, -0.15) is 0 Å². The van der Waals surface area contributed by atoms with Crippen molar-refractivity contribution in [2.75, 3.05) is 18.1 Å². The van der Waals surface area contributed by atoms with Crippen LogP contribution in [-0.2, 0) is 15.1 Å². The lowest BCUT2D eigenvalue weighted by Gasteiger charge is -2.46. The number of anilines is 1. The molecule has 0 spiro atoms. The number of para-hydroxylation sites is 1. The molecule has 7 atom stereocenters. The van der Waals surface area contributed by atoms with E-state index < -0.39 is 49.1 Å². The van der Waals surface area contributed by atoms with E-state index in [9.17, 15) is 25.5 Å². The third-order valence-corrected chi connectivity index (χ3v) is 5.21. The number of benzene rings is 1. The summed E-state index contributed by atoms with van der Waals surface area (Å²) in [5, 5.41) is 50.9. The van der Waals surface area contributed by atoms with Crippen LogP contribution in [0.4, 0.5) is 5.69 Å². The van der Waals surface area contributed by atoms with Crippen molar-refractivity contribution in [2.45, 2.75) is 48.9 Å². The second-order valence-electron chi connectivity index (χ2n) is 6.54. The summed E-state index contributed by atoms with van der Waals surface area (Å²) in [6.45, 7) is -0.157. The van der Waals surface area contributed by atoms with Gasteiger partial charge in [-0.1, -0.05) is 18.2 Å². The van der Waals surface area contributed by atoms with Gasteiger partial charge in [0.1, 0.15) is 30.0 Å². The van der Waals surface area contributed by atoms with Crippen molar-refractivity contribution in [3.8, 4) is 0 Å². The van der Waals surface area contributed by atoms with E-state index >= 15 is 0 Å². The lowest BCUT2D eigenvalue weighted by molar-refractivity contribution is -0.235. The summed E-state index contributed by atoms with van der Waals surface area (Å²) in [7, 11) is 0. The van der Waals surface area contributed by atoms with Crippen LogP contribution in [0.1, 0.15) is 12.0 Å². The molecule has 5 N–H and O–H groups in total. The number of ether oxygens (including phenoxy) is 2. The lowest BCUT2D eigenvalue weighted by atomic mass is 9.93. The Morgan fingerprint density at radius 3 is 2.62 bits per heavy atom. The molecule has 24 heavy (non-hydrogen) atoms. The summed E-state index contributed by atoms with van der Waals surface area (Å²) in [5.41, 5.74) is 0.0774. The maximum atomic E-state index is 11.0. The van der Waals surface area contributed by atoms with Crippen LogP contribution in [0.15, 0.2) is 24.3 Å². The Hall–Kier alpha value is -1.26.